The fraction of sp³-hybridized carbons (Fsp3) is 0.750. The van der Waals surface area contributed by atoms with E-state index in [-0.39, 0.29) is 17.7 Å². The van der Waals surface area contributed by atoms with Crippen molar-refractivity contribution in [3.63, 3.8) is 0 Å². The Labute approximate surface area is 112 Å². The summed E-state index contributed by atoms with van der Waals surface area (Å²) in [5.41, 5.74) is 4.75. The number of primary amides is 1. The van der Waals surface area contributed by atoms with Gasteiger partial charge in [0.25, 0.3) is 0 Å². The van der Waals surface area contributed by atoms with Crippen LogP contribution in [-0.4, -0.2) is 35.6 Å². The van der Waals surface area contributed by atoms with Gasteiger partial charge in [-0.1, -0.05) is 13.8 Å². The van der Waals surface area contributed by atoms with Gasteiger partial charge in [0.15, 0.2) is 0 Å². The average Bonchev–Trinajstić information content (AvgIpc) is 2.25. The molecular formula is C12H23N3O4. The number of hydrogen-bond donors (Lipinski definition) is 4. The van der Waals surface area contributed by atoms with Crippen molar-refractivity contribution in [2.24, 2.45) is 11.1 Å². The molecule has 0 aromatic heterocycles. The molecule has 1 unspecified atom stereocenters. The highest BCUT2D eigenvalue weighted by molar-refractivity contribution is 5.86. The van der Waals surface area contributed by atoms with Gasteiger partial charge in [0.1, 0.15) is 6.04 Å². The number of carbonyl (C=O) groups excluding carboxylic acids is 2. The molecule has 3 amide bonds. The first-order valence-electron chi connectivity index (χ1n) is 6.19. The molecule has 7 nitrogen and oxygen atoms in total. The molecule has 0 saturated carbocycles. The van der Waals surface area contributed by atoms with Crippen LogP contribution in [-0.2, 0) is 9.59 Å². The minimum atomic E-state index is -0.823. The highest BCUT2D eigenvalue weighted by Gasteiger charge is 2.20. The maximum absolute atomic E-state index is 11.6. The fourth-order valence-corrected chi connectivity index (χ4v) is 1.53. The molecule has 110 valence electrons. The highest BCUT2D eigenvalue weighted by atomic mass is 16.4. The lowest BCUT2D eigenvalue weighted by Crippen LogP contribution is -2.47. The number of nitrogens with one attached hydrogen (secondary N) is 2. The zero-order valence-electron chi connectivity index (χ0n) is 11.7. The normalized spacial score (nSPS) is 12.6. The molecule has 0 aliphatic rings. The Morgan fingerprint density at radius 3 is 2.32 bits per heavy atom. The molecule has 0 bridgehead atoms. The van der Waals surface area contributed by atoms with E-state index in [4.69, 9.17) is 10.8 Å². The lowest BCUT2D eigenvalue weighted by molar-refractivity contribution is -0.137. The van der Waals surface area contributed by atoms with Crippen LogP contribution in [0.25, 0.3) is 0 Å². The third kappa shape index (κ3) is 8.87. The van der Waals surface area contributed by atoms with Gasteiger partial charge in [0.05, 0.1) is 0 Å². The predicted octanol–water partition coefficient (Wildman–Crippen LogP) is 0.440. The monoisotopic (exact) mass is 273 g/mol. The Kier molecular flexibility index (Phi) is 6.89. The molecule has 0 radical (unpaired) electrons. The number of urea groups is 1. The van der Waals surface area contributed by atoms with E-state index in [1.54, 1.807) is 0 Å². The minimum Gasteiger partial charge on any atom is -0.481 e. The number of aliphatic carboxylic acids is 1. The molecule has 0 aromatic rings. The highest BCUT2D eigenvalue weighted by Crippen LogP contribution is 2.25. The molecule has 0 saturated heterocycles. The summed E-state index contributed by atoms with van der Waals surface area (Å²) in [4.78, 5) is 32.6. The smallest absolute Gasteiger partial charge is 0.312 e. The molecule has 7 heteroatoms. The molecule has 0 rings (SSSR count). The number of nitrogens with two attached hydrogens (primary N) is 1. The van der Waals surface area contributed by atoms with Gasteiger partial charge in [0, 0.05) is 13.0 Å². The van der Waals surface area contributed by atoms with E-state index in [2.05, 4.69) is 10.6 Å². The molecule has 1 atom stereocenters. The molecule has 0 heterocycles. The SMILES string of the molecule is CC(NC(N)=O)C(=O)NCCC(C)(C)CCC(=O)O. The van der Waals surface area contributed by atoms with E-state index < -0.39 is 18.0 Å². The third-order valence-electron chi connectivity index (χ3n) is 2.87. The van der Waals surface area contributed by atoms with Crippen molar-refractivity contribution in [3.05, 3.63) is 0 Å². The fourth-order valence-electron chi connectivity index (χ4n) is 1.53. The van der Waals surface area contributed by atoms with Gasteiger partial charge < -0.3 is 21.5 Å². The van der Waals surface area contributed by atoms with Crippen molar-refractivity contribution in [3.8, 4) is 0 Å². The number of carbonyl (C=O) groups is 3. The summed E-state index contributed by atoms with van der Waals surface area (Å²) in [7, 11) is 0. The molecule has 0 aliphatic heterocycles. The summed E-state index contributed by atoms with van der Waals surface area (Å²) in [5.74, 6) is -1.13. The van der Waals surface area contributed by atoms with E-state index in [9.17, 15) is 14.4 Å². The summed E-state index contributed by atoms with van der Waals surface area (Å²) in [6.45, 7) is 5.87. The second kappa shape index (κ2) is 7.60. The molecule has 0 fully saturated rings. The standard InChI is InChI=1S/C12H23N3O4/c1-8(15-11(13)19)10(18)14-7-6-12(2,3)5-4-9(16)17/h8H,4-7H2,1-3H3,(H,14,18)(H,16,17)(H3,13,15,19). The molecule has 0 spiro atoms. The predicted molar refractivity (Wildman–Crippen MR) is 70.5 cm³/mol. The number of amides is 3. The van der Waals surface area contributed by atoms with Crippen LogP contribution in [0.5, 0.6) is 0 Å². The zero-order valence-corrected chi connectivity index (χ0v) is 11.7. The number of rotatable bonds is 8. The zero-order chi connectivity index (χ0) is 15.1. The average molecular weight is 273 g/mol. The molecular weight excluding hydrogens is 250 g/mol. The van der Waals surface area contributed by atoms with Crippen LogP contribution in [0.4, 0.5) is 4.79 Å². The Morgan fingerprint density at radius 1 is 1.26 bits per heavy atom. The first-order chi connectivity index (χ1) is 8.64. The van der Waals surface area contributed by atoms with Crippen molar-refractivity contribution in [1.29, 1.82) is 0 Å². The van der Waals surface area contributed by atoms with Crippen molar-refractivity contribution in [2.75, 3.05) is 6.54 Å². The molecule has 0 aromatic carbocycles. The second-order valence-corrected chi connectivity index (χ2v) is 5.33. The summed E-state index contributed by atoms with van der Waals surface area (Å²) in [5, 5.41) is 13.6. The van der Waals surface area contributed by atoms with E-state index in [0.717, 1.165) is 0 Å². The van der Waals surface area contributed by atoms with Crippen molar-refractivity contribution >= 4 is 17.9 Å². The van der Waals surface area contributed by atoms with Crippen LogP contribution in [0.2, 0.25) is 0 Å². The van der Waals surface area contributed by atoms with Gasteiger partial charge in [-0.2, -0.15) is 0 Å². The second-order valence-electron chi connectivity index (χ2n) is 5.33. The Morgan fingerprint density at radius 2 is 1.84 bits per heavy atom. The molecule has 19 heavy (non-hydrogen) atoms. The molecule has 5 N–H and O–H groups in total. The lowest BCUT2D eigenvalue weighted by atomic mass is 9.84. The summed E-state index contributed by atoms with van der Waals surface area (Å²) < 4.78 is 0. The summed E-state index contributed by atoms with van der Waals surface area (Å²) in [6.07, 6.45) is 1.32. The van der Waals surface area contributed by atoms with Crippen molar-refractivity contribution in [1.82, 2.24) is 10.6 Å². The van der Waals surface area contributed by atoms with Crippen molar-refractivity contribution in [2.45, 2.75) is 46.1 Å². The Balaban J connectivity index is 3.97. The van der Waals surface area contributed by atoms with Crippen molar-refractivity contribution < 1.29 is 19.5 Å². The molecule has 0 aliphatic carbocycles. The van der Waals surface area contributed by atoms with Gasteiger partial charge in [-0.15, -0.1) is 0 Å². The topological polar surface area (TPSA) is 122 Å². The van der Waals surface area contributed by atoms with Gasteiger partial charge in [-0.3, -0.25) is 9.59 Å². The summed E-state index contributed by atoms with van der Waals surface area (Å²) in [6, 6.07) is -1.43. The maximum atomic E-state index is 11.6. The van der Waals surface area contributed by atoms with Crippen LogP contribution in [0.15, 0.2) is 0 Å². The van der Waals surface area contributed by atoms with Crippen LogP contribution in [0.3, 0.4) is 0 Å². The number of carboxylic acids is 1. The van der Waals surface area contributed by atoms with E-state index in [1.807, 2.05) is 13.8 Å². The maximum Gasteiger partial charge on any atom is 0.312 e. The quantitative estimate of drug-likeness (QED) is 0.512. The van der Waals surface area contributed by atoms with Crippen LogP contribution in [0.1, 0.15) is 40.0 Å². The van der Waals surface area contributed by atoms with Gasteiger partial charge in [0.2, 0.25) is 5.91 Å². The largest absolute Gasteiger partial charge is 0.481 e. The van der Waals surface area contributed by atoms with Gasteiger partial charge in [-0.25, -0.2) is 4.79 Å². The Bertz CT molecular complexity index is 342. The third-order valence-corrected chi connectivity index (χ3v) is 2.87. The van der Waals surface area contributed by atoms with Gasteiger partial charge in [-0.05, 0) is 25.2 Å². The number of carboxylic acid groups (broad SMARTS) is 1. The lowest BCUT2D eigenvalue weighted by Gasteiger charge is -2.24. The van der Waals surface area contributed by atoms with Crippen LogP contribution in [0, 0.1) is 5.41 Å². The van der Waals surface area contributed by atoms with E-state index in [0.29, 0.717) is 19.4 Å². The number of hydrogen-bond acceptors (Lipinski definition) is 3. The van der Waals surface area contributed by atoms with E-state index >= 15 is 0 Å². The van der Waals surface area contributed by atoms with Crippen LogP contribution >= 0.6 is 0 Å². The Hall–Kier alpha value is -1.79. The van der Waals surface area contributed by atoms with Crippen LogP contribution < -0.4 is 16.4 Å². The van der Waals surface area contributed by atoms with Gasteiger partial charge >= 0.3 is 12.0 Å². The first kappa shape index (κ1) is 17.2. The van der Waals surface area contributed by atoms with E-state index in [1.165, 1.54) is 6.92 Å². The minimum absolute atomic E-state index is 0.112. The summed E-state index contributed by atoms with van der Waals surface area (Å²) >= 11 is 0. The first-order valence-corrected chi connectivity index (χ1v) is 6.19.